The number of carbonyl (C=O) groups is 1. The first kappa shape index (κ1) is 14.9. The molecular weight excluding hydrogens is 388 g/mol. The molecule has 0 atom stereocenters. The summed E-state index contributed by atoms with van der Waals surface area (Å²) < 4.78 is 1.87. The molecule has 0 aliphatic carbocycles. The summed E-state index contributed by atoms with van der Waals surface area (Å²) in [5.41, 5.74) is 2.07. The number of benzene rings is 1. The molecule has 1 aromatic carbocycles. The van der Waals surface area contributed by atoms with Crippen molar-refractivity contribution < 1.29 is 4.79 Å². The van der Waals surface area contributed by atoms with Gasteiger partial charge in [-0.2, -0.15) is 0 Å². The Morgan fingerprint density at radius 2 is 1.68 bits per heavy atom. The van der Waals surface area contributed by atoms with Crippen LogP contribution in [0.25, 0.3) is 0 Å². The molecule has 0 aliphatic heterocycles. The maximum atomic E-state index is 12.3. The van der Waals surface area contributed by atoms with Gasteiger partial charge in [0.1, 0.15) is 0 Å². The van der Waals surface area contributed by atoms with Crippen LogP contribution in [-0.4, -0.2) is 5.78 Å². The van der Waals surface area contributed by atoms with Crippen LogP contribution in [-0.2, 0) is 5.41 Å². The highest BCUT2D eigenvalue weighted by atomic mass is 79.9. The number of halogens is 2. The molecule has 1 aromatic heterocycles. The Kier molecular flexibility index (Phi) is 4.33. The van der Waals surface area contributed by atoms with Crippen molar-refractivity contribution in [3.63, 3.8) is 0 Å². The highest BCUT2D eigenvalue weighted by Crippen LogP contribution is 2.33. The van der Waals surface area contributed by atoms with Gasteiger partial charge < -0.3 is 0 Å². The molecule has 19 heavy (non-hydrogen) atoms. The average molecular weight is 402 g/mol. The van der Waals surface area contributed by atoms with Gasteiger partial charge in [0.2, 0.25) is 5.78 Å². The van der Waals surface area contributed by atoms with E-state index in [9.17, 15) is 4.79 Å². The molecule has 2 rings (SSSR count). The molecule has 100 valence electrons. The van der Waals surface area contributed by atoms with Gasteiger partial charge in [0.25, 0.3) is 0 Å². The Labute approximate surface area is 134 Å². The summed E-state index contributed by atoms with van der Waals surface area (Å²) in [6.45, 7) is 6.49. The molecule has 0 amide bonds. The summed E-state index contributed by atoms with van der Waals surface area (Å²) in [5, 5.41) is 0. The van der Waals surface area contributed by atoms with Crippen LogP contribution in [0.15, 0.2) is 38.6 Å². The Hall–Kier alpha value is -0.450. The van der Waals surface area contributed by atoms with E-state index in [2.05, 4.69) is 52.6 Å². The average Bonchev–Trinajstić information content (AvgIpc) is 2.68. The number of ketones is 1. The van der Waals surface area contributed by atoms with Crippen LogP contribution in [0, 0.1) is 0 Å². The van der Waals surface area contributed by atoms with E-state index < -0.39 is 0 Å². The van der Waals surface area contributed by atoms with Crippen molar-refractivity contribution in [1.82, 2.24) is 0 Å². The second-order valence-corrected chi connectivity index (χ2v) is 8.61. The van der Waals surface area contributed by atoms with Crippen LogP contribution in [0.4, 0.5) is 0 Å². The molecule has 0 saturated carbocycles. The molecule has 0 radical (unpaired) electrons. The second kappa shape index (κ2) is 5.51. The largest absolute Gasteiger partial charge is 0.288 e. The first-order valence-corrected chi connectivity index (χ1v) is 8.29. The molecule has 2 aromatic rings. The number of hydrogen-bond acceptors (Lipinski definition) is 2. The summed E-state index contributed by atoms with van der Waals surface area (Å²) >= 11 is 8.27. The Morgan fingerprint density at radius 3 is 2.11 bits per heavy atom. The number of carbonyl (C=O) groups excluding carboxylic acids is 1. The Morgan fingerprint density at radius 1 is 1.11 bits per heavy atom. The predicted molar refractivity (Wildman–Crippen MR) is 88.3 cm³/mol. The summed E-state index contributed by atoms with van der Waals surface area (Å²) in [6, 6.07) is 9.74. The fraction of sp³-hybridized carbons (Fsp3) is 0.267. The van der Waals surface area contributed by atoms with Gasteiger partial charge >= 0.3 is 0 Å². The quantitative estimate of drug-likeness (QED) is 0.581. The van der Waals surface area contributed by atoms with E-state index in [0.717, 1.165) is 18.7 Å². The molecule has 0 fully saturated rings. The molecule has 0 aliphatic rings. The van der Waals surface area contributed by atoms with Gasteiger partial charge in [-0.05, 0) is 48.9 Å². The van der Waals surface area contributed by atoms with Gasteiger partial charge in [-0.25, -0.2) is 0 Å². The van der Waals surface area contributed by atoms with Crippen LogP contribution in [0.1, 0.15) is 41.6 Å². The van der Waals surface area contributed by atoms with E-state index in [1.54, 1.807) is 0 Å². The fourth-order valence-corrected chi connectivity index (χ4v) is 3.72. The zero-order chi connectivity index (χ0) is 14.2. The minimum absolute atomic E-state index is 0.0665. The lowest BCUT2D eigenvalue weighted by Gasteiger charge is -2.18. The summed E-state index contributed by atoms with van der Waals surface area (Å²) in [6.07, 6.45) is 0. The number of rotatable bonds is 2. The molecule has 0 N–H and O–H groups in total. The molecule has 0 unspecified atom stereocenters. The van der Waals surface area contributed by atoms with E-state index in [-0.39, 0.29) is 11.2 Å². The Bertz CT molecular complexity index is 587. The van der Waals surface area contributed by atoms with Crippen LogP contribution < -0.4 is 0 Å². The number of thiophene rings is 1. The van der Waals surface area contributed by atoms with Gasteiger partial charge in [-0.1, -0.05) is 45.0 Å². The lowest BCUT2D eigenvalue weighted by molar-refractivity contribution is 0.104. The van der Waals surface area contributed by atoms with Crippen LogP contribution in [0.2, 0.25) is 0 Å². The molecule has 0 saturated heterocycles. The highest BCUT2D eigenvalue weighted by molar-refractivity contribution is 9.13. The van der Waals surface area contributed by atoms with Gasteiger partial charge in [0, 0.05) is 10.0 Å². The van der Waals surface area contributed by atoms with E-state index in [1.165, 1.54) is 16.9 Å². The lowest BCUT2D eigenvalue weighted by Crippen LogP contribution is -2.11. The van der Waals surface area contributed by atoms with Crippen LogP contribution in [0.3, 0.4) is 0 Å². The Balaban J connectivity index is 2.30. The zero-order valence-electron chi connectivity index (χ0n) is 11.0. The predicted octanol–water partition coefficient (Wildman–Crippen LogP) is 5.80. The monoisotopic (exact) mass is 400 g/mol. The van der Waals surface area contributed by atoms with Gasteiger partial charge in [-0.15, -0.1) is 11.3 Å². The lowest BCUT2D eigenvalue weighted by atomic mass is 9.86. The van der Waals surface area contributed by atoms with Crippen molar-refractivity contribution in [2.75, 3.05) is 0 Å². The van der Waals surface area contributed by atoms with Gasteiger partial charge in [0.05, 0.1) is 8.66 Å². The van der Waals surface area contributed by atoms with E-state index in [1.807, 2.05) is 30.3 Å². The third-order valence-electron chi connectivity index (χ3n) is 2.88. The van der Waals surface area contributed by atoms with Crippen molar-refractivity contribution in [3.05, 3.63) is 54.6 Å². The normalized spacial score (nSPS) is 11.6. The third-order valence-corrected chi connectivity index (χ3v) is 6.14. The summed E-state index contributed by atoms with van der Waals surface area (Å²) in [7, 11) is 0. The maximum absolute atomic E-state index is 12.3. The van der Waals surface area contributed by atoms with Crippen LogP contribution >= 0.6 is 43.2 Å². The van der Waals surface area contributed by atoms with Gasteiger partial charge in [0.15, 0.2) is 0 Å². The van der Waals surface area contributed by atoms with Crippen molar-refractivity contribution in [2.45, 2.75) is 26.2 Å². The molecule has 1 heterocycles. The molecule has 1 nitrogen and oxygen atoms in total. The number of hydrogen-bond donors (Lipinski definition) is 0. The summed E-state index contributed by atoms with van der Waals surface area (Å²) in [5.74, 6) is 0.0665. The second-order valence-electron chi connectivity index (χ2n) is 5.39. The van der Waals surface area contributed by atoms with Crippen molar-refractivity contribution in [2.24, 2.45) is 0 Å². The van der Waals surface area contributed by atoms with Gasteiger partial charge in [-0.3, -0.25) is 4.79 Å². The topological polar surface area (TPSA) is 17.1 Å². The van der Waals surface area contributed by atoms with E-state index in [0.29, 0.717) is 0 Å². The zero-order valence-corrected chi connectivity index (χ0v) is 14.9. The standard InChI is InChI=1S/C15H14Br2OS/c1-15(2,3)10-6-4-9(5-7-10)13(18)12-8-11(16)14(17)19-12/h4-8H,1-3H3. The first-order chi connectivity index (χ1) is 8.79. The maximum Gasteiger partial charge on any atom is 0.203 e. The fourth-order valence-electron chi connectivity index (χ4n) is 1.72. The minimum Gasteiger partial charge on any atom is -0.288 e. The van der Waals surface area contributed by atoms with E-state index >= 15 is 0 Å². The first-order valence-electron chi connectivity index (χ1n) is 5.89. The van der Waals surface area contributed by atoms with Crippen LogP contribution in [0.5, 0.6) is 0 Å². The smallest absolute Gasteiger partial charge is 0.203 e. The minimum atomic E-state index is 0.0665. The summed E-state index contributed by atoms with van der Waals surface area (Å²) in [4.78, 5) is 13.1. The molecule has 0 spiro atoms. The third kappa shape index (κ3) is 3.36. The van der Waals surface area contributed by atoms with Crippen molar-refractivity contribution in [1.29, 1.82) is 0 Å². The van der Waals surface area contributed by atoms with E-state index in [4.69, 9.17) is 0 Å². The highest BCUT2D eigenvalue weighted by Gasteiger charge is 2.17. The van der Waals surface area contributed by atoms with Crippen molar-refractivity contribution >= 4 is 49.0 Å². The molecule has 0 bridgehead atoms. The molecular formula is C15H14Br2OS. The molecule has 4 heteroatoms. The van der Waals surface area contributed by atoms with Crippen molar-refractivity contribution in [3.8, 4) is 0 Å². The SMILES string of the molecule is CC(C)(C)c1ccc(C(=O)c2cc(Br)c(Br)s2)cc1.